The molecule has 1 aliphatic carbocycles. The standard InChI is InChI=1S/C17H26N2O2/c20-17(18-14-6-8-21-9-7-14)19-15-4-5-16(19)11-13(10-15)12-2-1-3-12/h14-16H,1-11H2,(H,18,20). The van der Waals surface area contributed by atoms with Crippen molar-refractivity contribution in [2.45, 2.75) is 75.9 Å². The molecule has 2 atom stereocenters. The molecule has 2 unspecified atom stereocenters. The van der Waals surface area contributed by atoms with E-state index in [2.05, 4.69) is 10.2 Å². The fourth-order valence-electron chi connectivity index (χ4n) is 4.43. The van der Waals surface area contributed by atoms with Gasteiger partial charge in [0.1, 0.15) is 0 Å². The molecule has 3 saturated heterocycles. The van der Waals surface area contributed by atoms with Crippen LogP contribution in [-0.4, -0.2) is 42.3 Å². The Bertz CT molecular complexity index is 432. The summed E-state index contributed by atoms with van der Waals surface area (Å²) >= 11 is 0. The zero-order chi connectivity index (χ0) is 14.2. The molecule has 0 aromatic rings. The largest absolute Gasteiger partial charge is 0.381 e. The molecule has 2 bridgehead atoms. The second-order valence-corrected chi connectivity index (χ2v) is 7.10. The van der Waals surface area contributed by atoms with Crippen LogP contribution in [-0.2, 0) is 4.74 Å². The Kier molecular flexibility index (Phi) is 3.66. The van der Waals surface area contributed by atoms with Gasteiger partial charge in [-0.3, -0.25) is 0 Å². The summed E-state index contributed by atoms with van der Waals surface area (Å²) in [7, 11) is 0. The Morgan fingerprint density at radius 2 is 1.67 bits per heavy atom. The van der Waals surface area contributed by atoms with Crippen molar-refractivity contribution in [3.63, 3.8) is 0 Å². The summed E-state index contributed by atoms with van der Waals surface area (Å²) in [6.45, 7) is 1.57. The third-order valence-corrected chi connectivity index (χ3v) is 5.82. The molecule has 3 aliphatic heterocycles. The monoisotopic (exact) mass is 290 g/mol. The first kappa shape index (κ1) is 13.6. The Morgan fingerprint density at radius 3 is 2.24 bits per heavy atom. The highest BCUT2D eigenvalue weighted by molar-refractivity contribution is 5.76. The third kappa shape index (κ3) is 2.59. The van der Waals surface area contributed by atoms with Crippen molar-refractivity contribution < 1.29 is 9.53 Å². The minimum Gasteiger partial charge on any atom is -0.381 e. The van der Waals surface area contributed by atoms with Crippen molar-refractivity contribution in [3.8, 4) is 0 Å². The molecule has 1 saturated carbocycles. The first-order chi connectivity index (χ1) is 10.3. The lowest BCUT2D eigenvalue weighted by Gasteiger charge is -2.39. The van der Waals surface area contributed by atoms with Crippen LogP contribution in [0, 0.1) is 0 Å². The van der Waals surface area contributed by atoms with Crippen LogP contribution < -0.4 is 5.32 Å². The van der Waals surface area contributed by atoms with E-state index in [1.54, 1.807) is 11.1 Å². The number of piperidine rings is 1. The molecule has 4 heteroatoms. The minimum atomic E-state index is 0.187. The van der Waals surface area contributed by atoms with Gasteiger partial charge in [-0.2, -0.15) is 0 Å². The quantitative estimate of drug-likeness (QED) is 0.754. The van der Waals surface area contributed by atoms with Crippen molar-refractivity contribution in [2.24, 2.45) is 0 Å². The third-order valence-electron chi connectivity index (χ3n) is 5.82. The Hall–Kier alpha value is -1.03. The van der Waals surface area contributed by atoms with Crippen LogP contribution in [0.3, 0.4) is 0 Å². The predicted molar refractivity (Wildman–Crippen MR) is 81.1 cm³/mol. The van der Waals surface area contributed by atoms with Crippen molar-refractivity contribution in [1.82, 2.24) is 10.2 Å². The van der Waals surface area contributed by atoms with E-state index in [0.717, 1.165) is 38.9 Å². The molecule has 3 heterocycles. The average Bonchev–Trinajstić information content (AvgIpc) is 2.70. The van der Waals surface area contributed by atoms with Gasteiger partial charge in [0.2, 0.25) is 0 Å². The maximum Gasteiger partial charge on any atom is 0.318 e. The van der Waals surface area contributed by atoms with E-state index < -0.39 is 0 Å². The lowest BCUT2D eigenvalue weighted by molar-refractivity contribution is 0.0761. The molecule has 1 N–H and O–H groups in total. The number of hydrogen-bond donors (Lipinski definition) is 1. The summed E-state index contributed by atoms with van der Waals surface area (Å²) in [4.78, 5) is 14.8. The summed E-state index contributed by atoms with van der Waals surface area (Å²) in [5.74, 6) is 0. The number of fused-ring (bicyclic) bond motifs is 2. The summed E-state index contributed by atoms with van der Waals surface area (Å²) in [6, 6.07) is 1.43. The molecule has 4 nitrogen and oxygen atoms in total. The number of allylic oxidation sites excluding steroid dienone is 1. The minimum absolute atomic E-state index is 0.187. The number of urea groups is 1. The van der Waals surface area contributed by atoms with Gasteiger partial charge in [0, 0.05) is 31.3 Å². The number of ether oxygens (including phenoxy) is 1. The van der Waals surface area contributed by atoms with Crippen molar-refractivity contribution in [1.29, 1.82) is 0 Å². The molecule has 4 rings (SSSR count). The molecular weight excluding hydrogens is 264 g/mol. The van der Waals surface area contributed by atoms with Crippen LogP contribution in [0.5, 0.6) is 0 Å². The van der Waals surface area contributed by atoms with E-state index >= 15 is 0 Å². The van der Waals surface area contributed by atoms with Crippen LogP contribution in [0.4, 0.5) is 4.79 Å². The molecule has 0 spiro atoms. The van der Waals surface area contributed by atoms with Crippen LogP contribution in [0.2, 0.25) is 0 Å². The molecule has 116 valence electrons. The fourth-order valence-corrected chi connectivity index (χ4v) is 4.43. The van der Waals surface area contributed by atoms with Gasteiger partial charge in [0.25, 0.3) is 0 Å². The van der Waals surface area contributed by atoms with Crippen molar-refractivity contribution in [3.05, 3.63) is 11.1 Å². The van der Waals surface area contributed by atoms with E-state index in [-0.39, 0.29) is 6.03 Å². The lowest BCUT2D eigenvalue weighted by Crippen LogP contribution is -2.53. The molecule has 21 heavy (non-hydrogen) atoms. The number of nitrogens with one attached hydrogen (secondary N) is 1. The molecule has 2 amide bonds. The molecule has 0 radical (unpaired) electrons. The normalized spacial score (nSPS) is 33.0. The number of rotatable bonds is 1. The van der Waals surface area contributed by atoms with Crippen LogP contribution in [0.25, 0.3) is 0 Å². The Balaban J connectivity index is 1.40. The topological polar surface area (TPSA) is 41.6 Å². The summed E-state index contributed by atoms with van der Waals surface area (Å²) in [6.07, 6.45) is 10.6. The van der Waals surface area contributed by atoms with Crippen molar-refractivity contribution in [2.75, 3.05) is 13.2 Å². The van der Waals surface area contributed by atoms with Crippen LogP contribution >= 0.6 is 0 Å². The fraction of sp³-hybridized carbons (Fsp3) is 0.824. The van der Waals surface area contributed by atoms with Crippen molar-refractivity contribution >= 4 is 6.03 Å². The maximum atomic E-state index is 12.6. The van der Waals surface area contributed by atoms with E-state index in [1.807, 2.05) is 0 Å². The number of carbonyl (C=O) groups is 1. The van der Waals surface area contributed by atoms with Gasteiger partial charge < -0.3 is 15.0 Å². The SMILES string of the molecule is O=C(NC1CCOCC1)N1C2CCC1CC(=C1CCC1)C2. The molecular formula is C17H26N2O2. The molecule has 4 fully saturated rings. The maximum absolute atomic E-state index is 12.6. The van der Waals surface area contributed by atoms with Gasteiger partial charge in [-0.25, -0.2) is 4.79 Å². The summed E-state index contributed by atoms with van der Waals surface area (Å²) in [5.41, 5.74) is 3.42. The van der Waals surface area contributed by atoms with Gasteiger partial charge in [-0.05, 0) is 57.8 Å². The highest BCUT2D eigenvalue weighted by Gasteiger charge is 2.42. The first-order valence-electron chi connectivity index (χ1n) is 8.67. The lowest BCUT2D eigenvalue weighted by atomic mass is 9.82. The number of hydrogen-bond acceptors (Lipinski definition) is 2. The molecule has 0 aromatic carbocycles. The van der Waals surface area contributed by atoms with Gasteiger partial charge >= 0.3 is 6.03 Å². The average molecular weight is 290 g/mol. The first-order valence-corrected chi connectivity index (χ1v) is 8.67. The highest BCUT2D eigenvalue weighted by Crippen LogP contribution is 2.43. The summed E-state index contributed by atoms with van der Waals surface area (Å²) < 4.78 is 5.37. The smallest absolute Gasteiger partial charge is 0.318 e. The Morgan fingerprint density at radius 1 is 1.00 bits per heavy atom. The predicted octanol–water partition coefficient (Wildman–Crippen LogP) is 2.98. The van der Waals surface area contributed by atoms with E-state index in [1.165, 1.54) is 32.1 Å². The number of carbonyl (C=O) groups excluding carboxylic acids is 1. The zero-order valence-corrected chi connectivity index (χ0v) is 12.8. The van der Waals surface area contributed by atoms with E-state index in [0.29, 0.717) is 18.1 Å². The molecule has 0 aromatic heterocycles. The second kappa shape index (κ2) is 5.64. The van der Waals surface area contributed by atoms with Gasteiger partial charge in [0.05, 0.1) is 0 Å². The number of nitrogens with zero attached hydrogens (tertiary/aromatic N) is 1. The van der Waals surface area contributed by atoms with Crippen LogP contribution in [0.1, 0.15) is 57.8 Å². The van der Waals surface area contributed by atoms with Gasteiger partial charge in [-0.15, -0.1) is 0 Å². The Labute approximate surface area is 126 Å². The highest BCUT2D eigenvalue weighted by atomic mass is 16.5. The van der Waals surface area contributed by atoms with E-state index in [4.69, 9.17) is 4.74 Å². The second-order valence-electron chi connectivity index (χ2n) is 7.10. The van der Waals surface area contributed by atoms with Gasteiger partial charge in [-0.1, -0.05) is 11.1 Å². The van der Waals surface area contributed by atoms with Gasteiger partial charge in [0.15, 0.2) is 0 Å². The summed E-state index contributed by atoms with van der Waals surface area (Å²) in [5, 5.41) is 3.25. The number of amides is 2. The van der Waals surface area contributed by atoms with Crippen LogP contribution in [0.15, 0.2) is 11.1 Å². The zero-order valence-electron chi connectivity index (χ0n) is 12.8. The molecule has 4 aliphatic rings. The van der Waals surface area contributed by atoms with E-state index in [9.17, 15) is 4.79 Å².